The van der Waals surface area contributed by atoms with Gasteiger partial charge in [-0.25, -0.2) is 9.18 Å². The number of ether oxygens (including phenoxy) is 1. The van der Waals surface area contributed by atoms with Gasteiger partial charge < -0.3 is 15.0 Å². The van der Waals surface area contributed by atoms with Gasteiger partial charge in [0.2, 0.25) is 0 Å². The van der Waals surface area contributed by atoms with E-state index in [1.807, 2.05) is 0 Å². The van der Waals surface area contributed by atoms with Gasteiger partial charge in [-0.1, -0.05) is 12.1 Å². The highest BCUT2D eigenvalue weighted by atomic mass is 32.2. The molecule has 0 saturated carbocycles. The number of hydrogen-bond acceptors (Lipinski definition) is 5. The highest BCUT2D eigenvalue weighted by Crippen LogP contribution is 2.28. The van der Waals surface area contributed by atoms with Crippen LogP contribution in [0.5, 0.6) is 0 Å². The normalized spacial score (nSPS) is 18.9. The SMILES string of the molecule is CC(C)(C)OC(=O)N[C@@H]1CCN(c2c(F)cccc2COS(=O)O)C1. The summed E-state index contributed by atoms with van der Waals surface area (Å²) in [5.41, 5.74) is 0.208. The average molecular weight is 374 g/mol. The fourth-order valence-corrected chi connectivity index (χ4v) is 2.93. The van der Waals surface area contributed by atoms with Crippen molar-refractivity contribution in [1.29, 1.82) is 0 Å². The lowest BCUT2D eigenvalue weighted by molar-refractivity contribution is 0.0509. The third-order valence-electron chi connectivity index (χ3n) is 3.61. The minimum Gasteiger partial charge on any atom is -0.444 e. The van der Waals surface area contributed by atoms with Crippen LogP contribution in [0.3, 0.4) is 0 Å². The molecule has 1 aliphatic rings. The zero-order chi connectivity index (χ0) is 18.6. The van der Waals surface area contributed by atoms with E-state index in [2.05, 4.69) is 9.50 Å². The van der Waals surface area contributed by atoms with Crippen LogP contribution in [0.15, 0.2) is 18.2 Å². The van der Waals surface area contributed by atoms with Crippen molar-refractivity contribution < 1.29 is 26.9 Å². The summed E-state index contributed by atoms with van der Waals surface area (Å²) in [5.74, 6) is -0.442. The summed E-state index contributed by atoms with van der Waals surface area (Å²) >= 11 is -2.42. The molecule has 1 amide bonds. The molecule has 0 aliphatic carbocycles. The third-order valence-corrected chi connectivity index (χ3v) is 3.93. The van der Waals surface area contributed by atoms with Crippen molar-refractivity contribution in [1.82, 2.24) is 5.32 Å². The lowest BCUT2D eigenvalue weighted by Gasteiger charge is -2.24. The Balaban J connectivity index is 2.04. The summed E-state index contributed by atoms with van der Waals surface area (Å²) in [6.07, 6.45) is 0.131. The number of hydrogen-bond donors (Lipinski definition) is 2. The minimum atomic E-state index is -2.42. The van der Waals surface area contributed by atoms with Crippen molar-refractivity contribution >= 4 is 23.1 Å². The number of carbonyl (C=O) groups is 1. The summed E-state index contributed by atoms with van der Waals surface area (Å²) in [6, 6.07) is 4.31. The number of nitrogens with zero attached hydrogens (tertiary/aromatic N) is 1. The second-order valence-corrected chi connectivity index (χ2v) is 7.47. The Hall–Kier alpha value is -1.71. The van der Waals surface area contributed by atoms with Gasteiger partial charge in [-0.05, 0) is 33.3 Å². The number of benzene rings is 1. The molecular formula is C16H23FN2O5S. The van der Waals surface area contributed by atoms with Gasteiger partial charge in [0.1, 0.15) is 11.4 Å². The van der Waals surface area contributed by atoms with Crippen LogP contribution in [-0.2, 0) is 26.9 Å². The van der Waals surface area contributed by atoms with Gasteiger partial charge in [0.15, 0.2) is 0 Å². The molecule has 1 fully saturated rings. The van der Waals surface area contributed by atoms with Crippen LogP contribution in [0.2, 0.25) is 0 Å². The first-order chi connectivity index (χ1) is 11.7. The van der Waals surface area contributed by atoms with Crippen LogP contribution in [0.1, 0.15) is 32.8 Å². The van der Waals surface area contributed by atoms with E-state index in [-0.39, 0.29) is 12.6 Å². The number of rotatable bonds is 5. The number of carbonyl (C=O) groups excluding carboxylic acids is 1. The number of nitrogens with one attached hydrogen (secondary N) is 1. The summed E-state index contributed by atoms with van der Waals surface area (Å²) < 4.78 is 43.6. The maximum absolute atomic E-state index is 14.3. The van der Waals surface area contributed by atoms with Crippen LogP contribution in [0, 0.1) is 5.82 Å². The van der Waals surface area contributed by atoms with Gasteiger partial charge in [-0.3, -0.25) is 8.74 Å². The topological polar surface area (TPSA) is 88.1 Å². The molecule has 0 bridgehead atoms. The smallest absolute Gasteiger partial charge is 0.407 e. The summed E-state index contributed by atoms with van der Waals surface area (Å²) in [7, 11) is 0. The van der Waals surface area contributed by atoms with E-state index in [9.17, 15) is 13.4 Å². The summed E-state index contributed by atoms with van der Waals surface area (Å²) in [6.45, 7) is 6.11. The van der Waals surface area contributed by atoms with Gasteiger partial charge >= 0.3 is 17.5 Å². The molecule has 0 radical (unpaired) electrons. The van der Waals surface area contributed by atoms with E-state index in [1.165, 1.54) is 12.1 Å². The molecule has 2 atom stereocenters. The highest BCUT2D eigenvalue weighted by molar-refractivity contribution is 7.74. The van der Waals surface area contributed by atoms with Gasteiger partial charge in [-0.15, -0.1) is 0 Å². The molecule has 1 aromatic rings. The van der Waals surface area contributed by atoms with E-state index in [0.29, 0.717) is 30.8 Å². The highest BCUT2D eigenvalue weighted by Gasteiger charge is 2.29. The zero-order valence-electron chi connectivity index (χ0n) is 14.5. The molecule has 1 saturated heterocycles. The first-order valence-corrected chi connectivity index (χ1v) is 8.95. The molecule has 140 valence electrons. The average Bonchev–Trinajstić information content (AvgIpc) is 2.90. The Labute approximate surface area is 149 Å². The first-order valence-electron chi connectivity index (χ1n) is 7.91. The van der Waals surface area contributed by atoms with Gasteiger partial charge in [0.05, 0.1) is 18.3 Å². The molecule has 2 rings (SSSR count). The lowest BCUT2D eigenvalue weighted by atomic mass is 10.1. The zero-order valence-corrected chi connectivity index (χ0v) is 15.3. The Morgan fingerprint density at radius 3 is 2.84 bits per heavy atom. The van der Waals surface area contributed by atoms with Crippen LogP contribution in [-0.4, -0.2) is 39.6 Å². The molecule has 1 heterocycles. The van der Waals surface area contributed by atoms with Crippen molar-refractivity contribution in [3.05, 3.63) is 29.6 Å². The molecule has 0 spiro atoms. The van der Waals surface area contributed by atoms with Crippen molar-refractivity contribution in [2.45, 2.75) is 45.4 Å². The molecular weight excluding hydrogens is 351 g/mol. The minimum absolute atomic E-state index is 0.171. The lowest BCUT2D eigenvalue weighted by Crippen LogP contribution is -2.40. The van der Waals surface area contributed by atoms with Gasteiger partial charge in [-0.2, -0.15) is 4.21 Å². The fourth-order valence-electron chi connectivity index (χ4n) is 2.70. The second kappa shape index (κ2) is 8.11. The number of amides is 1. The Morgan fingerprint density at radius 1 is 1.48 bits per heavy atom. The molecule has 9 heteroatoms. The van der Waals surface area contributed by atoms with Crippen molar-refractivity contribution in [3.63, 3.8) is 0 Å². The van der Waals surface area contributed by atoms with Crippen LogP contribution in [0.4, 0.5) is 14.9 Å². The van der Waals surface area contributed by atoms with E-state index >= 15 is 0 Å². The van der Waals surface area contributed by atoms with Crippen LogP contribution < -0.4 is 10.2 Å². The Kier molecular flexibility index (Phi) is 6.36. The number of para-hydroxylation sites is 1. The van der Waals surface area contributed by atoms with Crippen molar-refractivity contribution in [2.75, 3.05) is 18.0 Å². The van der Waals surface area contributed by atoms with Gasteiger partial charge in [0.25, 0.3) is 0 Å². The maximum atomic E-state index is 14.3. The fraction of sp³-hybridized carbons (Fsp3) is 0.562. The maximum Gasteiger partial charge on any atom is 0.407 e. The van der Waals surface area contributed by atoms with E-state index < -0.39 is 28.9 Å². The molecule has 0 aromatic heterocycles. The van der Waals surface area contributed by atoms with Crippen LogP contribution >= 0.6 is 0 Å². The number of halogens is 1. The molecule has 7 nitrogen and oxygen atoms in total. The standard InChI is InChI=1S/C16H23FN2O5S/c1-16(2,3)24-15(20)18-12-7-8-19(9-12)14-11(10-23-25(21)22)5-4-6-13(14)17/h4-6,12H,7-10H2,1-3H3,(H,18,20)(H,21,22)/t12-/m1/s1. The monoisotopic (exact) mass is 374 g/mol. The molecule has 1 aliphatic heterocycles. The summed E-state index contributed by atoms with van der Waals surface area (Å²) in [4.78, 5) is 13.6. The van der Waals surface area contributed by atoms with E-state index in [0.717, 1.165) is 0 Å². The second-order valence-electron chi connectivity index (χ2n) is 6.80. The van der Waals surface area contributed by atoms with Gasteiger partial charge in [0, 0.05) is 18.7 Å². The first kappa shape index (κ1) is 19.6. The largest absolute Gasteiger partial charge is 0.444 e. The quantitative estimate of drug-likeness (QED) is 0.770. The Morgan fingerprint density at radius 2 is 2.20 bits per heavy atom. The number of alkyl carbamates (subject to hydrolysis) is 1. The summed E-state index contributed by atoms with van der Waals surface area (Å²) in [5, 5.41) is 2.78. The van der Waals surface area contributed by atoms with Crippen molar-refractivity contribution in [2.24, 2.45) is 0 Å². The van der Waals surface area contributed by atoms with E-state index in [4.69, 9.17) is 9.29 Å². The molecule has 1 aromatic carbocycles. The number of anilines is 1. The van der Waals surface area contributed by atoms with Crippen molar-refractivity contribution in [3.8, 4) is 0 Å². The van der Waals surface area contributed by atoms with Crippen LogP contribution in [0.25, 0.3) is 0 Å². The molecule has 1 unspecified atom stereocenters. The Bertz CT molecular complexity index is 650. The van der Waals surface area contributed by atoms with E-state index in [1.54, 1.807) is 31.7 Å². The predicted molar refractivity (Wildman–Crippen MR) is 91.9 cm³/mol. The molecule has 25 heavy (non-hydrogen) atoms. The molecule has 2 N–H and O–H groups in total. The third kappa shape index (κ3) is 5.94. The predicted octanol–water partition coefficient (Wildman–Crippen LogP) is 2.58.